The molecule has 1 saturated heterocycles. The van der Waals surface area contributed by atoms with Gasteiger partial charge in [-0.3, -0.25) is 14.4 Å². The van der Waals surface area contributed by atoms with Crippen LogP contribution in [0, 0.1) is 11.8 Å². The van der Waals surface area contributed by atoms with Crippen LogP contribution in [0.3, 0.4) is 0 Å². The molecule has 3 N–H and O–H groups in total. The Bertz CT molecular complexity index is 1300. The van der Waals surface area contributed by atoms with Crippen LogP contribution in [-0.2, 0) is 27.2 Å². The van der Waals surface area contributed by atoms with E-state index in [9.17, 15) is 14.4 Å². The van der Waals surface area contributed by atoms with Crippen LogP contribution in [0.5, 0.6) is 0 Å². The number of hydrogen-bond donors (Lipinski definition) is 3. The van der Waals surface area contributed by atoms with Crippen molar-refractivity contribution in [2.75, 3.05) is 0 Å². The molecule has 3 atom stereocenters. The maximum atomic E-state index is 14.3. The molecule has 2 aliphatic rings. The quantitative estimate of drug-likeness (QED) is 0.459. The van der Waals surface area contributed by atoms with E-state index < -0.39 is 18.1 Å². The van der Waals surface area contributed by atoms with Crippen LogP contribution in [0.15, 0.2) is 54.7 Å². The van der Waals surface area contributed by atoms with Gasteiger partial charge in [-0.25, -0.2) is 0 Å². The van der Waals surface area contributed by atoms with Crippen molar-refractivity contribution in [3.05, 3.63) is 71.4 Å². The van der Waals surface area contributed by atoms with E-state index in [2.05, 4.69) is 27.8 Å². The molecule has 7 nitrogen and oxygen atoms in total. The molecule has 37 heavy (non-hydrogen) atoms. The lowest BCUT2D eigenvalue weighted by Crippen LogP contribution is -2.67. The number of rotatable bonds is 7. The van der Waals surface area contributed by atoms with E-state index >= 15 is 0 Å². The Kier molecular flexibility index (Phi) is 6.80. The van der Waals surface area contributed by atoms with Crippen LogP contribution < -0.4 is 10.6 Å². The number of hydrogen-bond acceptors (Lipinski definition) is 3. The molecule has 2 aromatic carbocycles. The Morgan fingerprint density at radius 1 is 1.03 bits per heavy atom. The minimum atomic E-state index is -0.913. The molecular weight excluding hydrogens is 464 g/mol. The average molecular weight is 501 g/mol. The van der Waals surface area contributed by atoms with Crippen LogP contribution in [0.4, 0.5) is 0 Å². The molecule has 1 aliphatic heterocycles. The van der Waals surface area contributed by atoms with E-state index in [0.717, 1.165) is 23.7 Å². The van der Waals surface area contributed by atoms with Crippen LogP contribution in [0.2, 0.25) is 0 Å². The second-order valence-electron chi connectivity index (χ2n) is 11.2. The predicted molar refractivity (Wildman–Crippen MR) is 144 cm³/mol. The van der Waals surface area contributed by atoms with Gasteiger partial charge in [0, 0.05) is 17.8 Å². The first kappa shape index (κ1) is 25.1. The highest BCUT2D eigenvalue weighted by atomic mass is 16.2. The van der Waals surface area contributed by atoms with Crippen molar-refractivity contribution >= 4 is 28.6 Å². The van der Waals surface area contributed by atoms with Gasteiger partial charge in [0.05, 0.1) is 0 Å². The summed E-state index contributed by atoms with van der Waals surface area (Å²) in [5.41, 5.74) is 4.02. The fourth-order valence-electron chi connectivity index (χ4n) is 5.91. The summed E-state index contributed by atoms with van der Waals surface area (Å²) in [5, 5.41) is 7.11. The van der Waals surface area contributed by atoms with Crippen LogP contribution in [0.1, 0.15) is 56.8 Å². The van der Waals surface area contributed by atoms with Gasteiger partial charge in [-0.1, -0.05) is 50.2 Å². The van der Waals surface area contributed by atoms with Crippen molar-refractivity contribution < 1.29 is 14.4 Å². The zero-order valence-electron chi connectivity index (χ0n) is 22.0. The van der Waals surface area contributed by atoms with Crippen LogP contribution in [-0.4, -0.2) is 45.7 Å². The van der Waals surface area contributed by atoms with Crippen molar-refractivity contribution in [2.45, 2.75) is 71.1 Å². The number of carbonyl (C=O) groups is 3. The van der Waals surface area contributed by atoms with Gasteiger partial charge >= 0.3 is 0 Å². The number of amides is 3. The standard InChI is InChI=1S/C30H36N4O3/c1-17(2)13-25-28(35)33-26(23-14-20-7-5-6-8-21(20)15-23)30(37)34(25)27(29(36)32-18(3)4)22-10-9-19-11-12-31-24(19)16-22/h5-12,16-18,23,25-27,31H,13-15H2,1-4H3,(H,32,36)(H,33,35)/t25-,26-,27?/m1/s1. The molecule has 1 aliphatic carbocycles. The molecule has 1 unspecified atom stereocenters. The number of aromatic nitrogens is 1. The first-order valence-corrected chi connectivity index (χ1v) is 13.3. The third-order valence-electron chi connectivity index (χ3n) is 7.56. The number of aromatic amines is 1. The number of nitrogens with zero attached hydrogens (tertiary/aromatic N) is 1. The fraction of sp³-hybridized carbons (Fsp3) is 0.433. The van der Waals surface area contributed by atoms with E-state index in [-0.39, 0.29) is 35.6 Å². The second kappa shape index (κ2) is 10.0. The smallest absolute Gasteiger partial charge is 0.247 e. The van der Waals surface area contributed by atoms with Crippen molar-refractivity contribution in [1.29, 1.82) is 0 Å². The molecule has 1 fully saturated rings. The van der Waals surface area contributed by atoms with Crippen molar-refractivity contribution in [3.8, 4) is 0 Å². The Labute approximate surface area is 218 Å². The SMILES string of the molecule is CC(C)C[C@@H]1C(=O)N[C@H](C2Cc3ccccc3C2)C(=O)N1C(C(=O)NC(C)C)c1ccc2cc[nH]c2c1. The molecule has 3 aromatic rings. The molecule has 0 saturated carbocycles. The molecular formula is C30H36N4O3. The lowest BCUT2D eigenvalue weighted by molar-refractivity contribution is -0.158. The minimum Gasteiger partial charge on any atom is -0.361 e. The summed E-state index contributed by atoms with van der Waals surface area (Å²) >= 11 is 0. The lowest BCUT2D eigenvalue weighted by Gasteiger charge is -2.45. The highest BCUT2D eigenvalue weighted by Gasteiger charge is 2.49. The summed E-state index contributed by atoms with van der Waals surface area (Å²) in [4.78, 5) is 46.6. The van der Waals surface area contributed by atoms with E-state index in [1.807, 2.05) is 70.3 Å². The van der Waals surface area contributed by atoms with Gasteiger partial charge in [0.2, 0.25) is 17.7 Å². The van der Waals surface area contributed by atoms with Gasteiger partial charge < -0.3 is 20.5 Å². The predicted octanol–water partition coefficient (Wildman–Crippen LogP) is 3.89. The van der Waals surface area contributed by atoms with Gasteiger partial charge in [0.15, 0.2) is 0 Å². The van der Waals surface area contributed by atoms with E-state index in [0.29, 0.717) is 12.0 Å². The topological polar surface area (TPSA) is 94.3 Å². The molecule has 5 rings (SSSR count). The molecule has 2 heterocycles. The first-order chi connectivity index (χ1) is 17.7. The largest absolute Gasteiger partial charge is 0.361 e. The van der Waals surface area contributed by atoms with Crippen LogP contribution >= 0.6 is 0 Å². The van der Waals surface area contributed by atoms with E-state index in [1.165, 1.54) is 11.1 Å². The maximum absolute atomic E-state index is 14.3. The zero-order chi connectivity index (χ0) is 26.3. The van der Waals surface area contributed by atoms with Crippen molar-refractivity contribution in [3.63, 3.8) is 0 Å². The molecule has 0 spiro atoms. The first-order valence-electron chi connectivity index (χ1n) is 13.3. The third kappa shape index (κ3) is 4.87. The Morgan fingerprint density at radius 2 is 1.73 bits per heavy atom. The van der Waals surface area contributed by atoms with E-state index in [1.54, 1.807) is 4.90 Å². The summed E-state index contributed by atoms with van der Waals surface area (Å²) in [6.45, 7) is 7.86. The normalized spacial score (nSPS) is 21.0. The van der Waals surface area contributed by atoms with Gasteiger partial charge in [0.25, 0.3) is 0 Å². The average Bonchev–Trinajstić information content (AvgIpc) is 3.49. The summed E-state index contributed by atoms with van der Waals surface area (Å²) in [7, 11) is 0. The van der Waals surface area contributed by atoms with Gasteiger partial charge in [-0.15, -0.1) is 0 Å². The van der Waals surface area contributed by atoms with E-state index in [4.69, 9.17) is 0 Å². The maximum Gasteiger partial charge on any atom is 0.247 e. The summed E-state index contributed by atoms with van der Waals surface area (Å²) in [5.74, 6) is -0.517. The number of fused-ring (bicyclic) bond motifs is 2. The minimum absolute atomic E-state index is 0.0453. The van der Waals surface area contributed by atoms with Gasteiger partial charge in [-0.2, -0.15) is 0 Å². The van der Waals surface area contributed by atoms with Gasteiger partial charge in [-0.05, 0) is 79.2 Å². The van der Waals surface area contributed by atoms with Crippen LogP contribution in [0.25, 0.3) is 10.9 Å². The highest BCUT2D eigenvalue weighted by Crippen LogP contribution is 2.36. The Morgan fingerprint density at radius 3 is 2.38 bits per heavy atom. The number of nitrogens with one attached hydrogen (secondary N) is 3. The van der Waals surface area contributed by atoms with Crippen molar-refractivity contribution in [1.82, 2.24) is 20.5 Å². The monoisotopic (exact) mass is 500 g/mol. The summed E-state index contributed by atoms with van der Waals surface area (Å²) in [6, 6.07) is 13.5. The molecule has 7 heteroatoms. The Hall–Kier alpha value is -3.61. The second-order valence-corrected chi connectivity index (χ2v) is 11.2. The Balaban J connectivity index is 1.57. The molecule has 0 radical (unpaired) electrons. The molecule has 0 bridgehead atoms. The zero-order valence-corrected chi connectivity index (χ0v) is 22.0. The number of piperazine rings is 1. The number of H-pyrrole nitrogens is 1. The number of benzene rings is 2. The fourth-order valence-corrected chi connectivity index (χ4v) is 5.91. The number of carbonyl (C=O) groups excluding carboxylic acids is 3. The summed E-state index contributed by atoms with van der Waals surface area (Å²) < 4.78 is 0. The lowest BCUT2D eigenvalue weighted by atomic mass is 9.87. The van der Waals surface area contributed by atoms with Crippen molar-refractivity contribution in [2.24, 2.45) is 11.8 Å². The third-order valence-corrected chi connectivity index (χ3v) is 7.56. The molecule has 1 aromatic heterocycles. The molecule has 194 valence electrons. The highest BCUT2D eigenvalue weighted by molar-refractivity contribution is 6.00. The molecule has 3 amide bonds. The van der Waals surface area contributed by atoms with Gasteiger partial charge in [0.1, 0.15) is 18.1 Å². The summed E-state index contributed by atoms with van der Waals surface area (Å²) in [6.07, 6.45) is 3.79.